The van der Waals surface area contributed by atoms with Crippen LogP contribution < -0.4 is 4.90 Å². The lowest BCUT2D eigenvalue weighted by atomic mass is 10.2. The van der Waals surface area contributed by atoms with Crippen LogP contribution in [0.15, 0.2) is 42.7 Å². The Labute approximate surface area is 145 Å². The Bertz CT molecular complexity index is 804. The van der Waals surface area contributed by atoms with Gasteiger partial charge in [-0.2, -0.15) is 0 Å². The number of benzene rings is 1. The smallest absolute Gasteiger partial charge is 0.342 e. The SMILES string of the molecule is C=C1CN(CCn2c([N+](=O)[O-])cnc2C)CCN1c1ccccc1F. The molecule has 25 heavy (non-hydrogen) atoms. The first-order valence-corrected chi connectivity index (χ1v) is 8.06. The van der Waals surface area contributed by atoms with Crippen LogP contribution in [0, 0.1) is 22.9 Å². The maximum Gasteiger partial charge on any atom is 0.342 e. The monoisotopic (exact) mass is 345 g/mol. The third-order valence-electron chi connectivity index (χ3n) is 4.43. The molecule has 8 heteroatoms. The molecule has 1 saturated heterocycles. The van der Waals surface area contributed by atoms with Crippen LogP contribution in [-0.4, -0.2) is 45.6 Å². The van der Waals surface area contributed by atoms with Crippen molar-refractivity contribution in [3.8, 4) is 0 Å². The Balaban J connectivity index is 1.63. The van der Waals surface area contributed by atoms with Crippen molar-refractivity contribution in [1.82, 2.24) is 14.5 Å². The molecule has 132 valence electrons. The number of halogens is 1. The summed E-state index contributed by atoms with van der Waals surface area (Å²) in [6.07, 6.45) is 1.28. The summed E-state index contributed by atoms with van der Waals surface area (Å²) in [4.78, 5) is 18.7. The summed E-state index contributed by atoms with van der Waals surface area (Å²) in [6.45, 7) is 8.89. The van der Waals surface area contributed by atoms with Crippen molar-refractivity contribution in [3.05, 3.63) is 64.5 Å². The van der Waals surface area contributed by atoms with Crippen molar-refractivity contribution in [1.29, 1.82) is 0 Å². The summed E-state index contributed by atoms with van der Waals surface area (Å²) in [5.74, 6) is 0.360. The highest BCUT2D eigenvalue weighted by Crippen LogP contribution is 2.25. The quantitative estimate of drug-likeness (QED) is 0.615. The number of hydrogen-bond donors (Lipinski definition) is 0. The molecule has 0 N–H and O–H groups in total. The van der Waals surface area contributed by atoms with Gasteiger partial charge >= 0.3 is 5.82 Å². The molecule has 0 unspecified atom stereocenters. The van der Waals surface area contributed by atoms with Gasteiger partial charge in [0, 0.05) is 38.8 Å². The van der Waals surface area contributed by atoms with Crippen LogP contribution in [0.4, 0.5) is 15.9 Å². The number of aromatic nitrogens is 2. The Hall–Kier alpha value is -2.74. The topological polar surface area (TPSA) is 67.4 Å². The second-order valence-electron chi connectivity index (χ2n) is 6.02. The Morgan fingerprint density at radius 1 is 1.32 bits per heavy atom. The molecule has 1 aliphatic rings. The Morgan fingerprint density at radius 2 is 2.08 bits per heavy atom. The molecule has 0 aliphatic carbocycles. The van der Waals surface area contributed by atoms with E-state index in [0.29, 0.717) is 37.7 Å². The minimum atomic E-state index is -0.422. The fourth-order valence-electron chi connectivity index (χ4n) is 3.09. The van der Waals surface area contributed by atoms with Crippen molar-refractivity contribution in [3.63, 3.8) is 0 Å². The van der Waals surface area contributed by atoms with E-state index in [1.807, 2.05) is 4.90 Å². The number of nitrogens with zero attached hydrogens (tertiary/aromatic N) is 5. The average Bonchev–Trinajstić information content (AvgIpc) is 2.95. The van der Waals surface area contributed by atoms with Crippen LogP contribution in [-0.2, 0) is 6.54 Å². The van der Waals surface area contributed by atoms with Crippen molar-refractivity contribution in [2.24, 2.45) is 0 Å². The number of para-hydroxylation sites is 1. The molecule has 7 nitrogen and oxygen atoms in total. The van der Waals surface area contributed by atoms with Gasteiger partial charge in [0.05, 0.1) is 5.69 Å². The molecule has 2 aromatic rings. The van der Waals surface area contributed by atoms with Gasteiger partial charge in [0.2, 0.25) is 0 Å². The van der Waals surface area contributed by atoms with Crippen molar-refractivity contribution in [2.45, 2.75) is 13.5 Å². The van der Waals surface area contributed by atoms with Crippen LogP contribution in [0.3, 0.4) is 0 Å². The zero-order valence-electron chi connectivity index (χ0n) is 14.1. The summed E-state index contributed by atoms with van der Waals surface area (Å²) < 4.78 is 15.6. The number of rotatable bonds is 5. The number of hydrogen-bond acceptors (Lipinski definition) is 5. The number of aryl methyl sites for hydroxylation is 1. The highest BCUT2D eigenvalue weighted by Gasteiger charge is 2.24. The van der Waals surface area contributed by atoms with E-state index >= 15 is 0 Å². The molecular formula is C17H20FN5O2. The van der Waals surface area contributed by atoms with Gasteiger partial charge in [-0.05, 0) is 17.1 Å². The van der Waals surface area contributed by atoms with Crippen molar-refractivity contribution >= 4 is 11.5 Å². The van der Waals surface area contributed by atoms with E-state index in [2.05, 4.69) is 16.5 Å². The van der Waals surface area contributed by atoms with E-state index in [0.717, 1.165) is 12.2 Å². The summed E-state index contributed by atoms with van der Waals surface area (Å²) in [6, 6.07) is 6.65. The molecule has 0 amide bonds. The zero-order valence-corrected chi connectivity index (χ0v) is 14.1. The zero-order chi connectivity index (χ0) is 18.0. The maximum atomic E-state index is 14.0. The lowest BCUT2D eigenvalue weighted by Gasteiger charge is -2.37. The maximum absolute atomic E-state index is 14.0. The summed E-state index contributed by atoms with van der Waals surface area (Å²) in [5.41, 5.74) is 1.35. The Morgan fingerprint density at radius 3 is 2.76 bits per heavy atom. The van der Waals surface area contributed by atoms with E-state index in [4.69, 9.17) is 0 Å². The first kappa shape index (κ1) is 17.1. The summed E-state index contributed by atoms with van der Waals surface area (Å²) in [5, 5.41) is 11.0. The average molecular weight is 345 g/mol. The second kappa shape index (κ2) is 7.02. The molecule has 2 heterocycles. The van der Waals surface area contributed by atoms with E-state index in [9.17, 15) is 14.5 Å². The van der Waals surface area contributed by atoms with Crippen LogP contribution >= 0.6 is 0 Å². The van der Waals surface area contributed by atoms with Gasteiger partial charge in [-0.1, -0.05) is 18.7 Å². The van der Waals surface area contributed by atoms with Gasteiger partial charge < -0.3 is 15.0 Å². The molecule has 1 aromatic heterocycles. The van der Waals surface area contributed by atoms with Gasteiger partial charge in [0.25, 0.3) is 0 Å². The van der Waals surface area contributed by atoms with Gasteiger partial charge in [-0.25, -0.2) is 13.9 Å². The minimum Gasteiger partial charge on any atom is -0.358 e. The van der Waals surface area contributed by atoms with Crippen LogP contribution in [0.5, 0.6) is 0 Å². The fraction of sp³-hybridized carbons (Fsp3) is 0.353. The summed E-state index contributed by atoms with van der Waals surface area (Å²) in [7, 11) is 0. The van der Waals surface area contributed by atoms with E-state index in [-0.39, 0.29) is 11.6 Å². The molecule has 0 saturated carbocycles. The predicted molar refractivity (Wildman–Crippen MR) is 92.9 cm³/mol. The lowest BCUT2D eigenvalue weighted by Crippen LogP contribution is -2.45. The molecule has 1 fully saturated rings. The first-order valence-electron chi connectivity index (χ1n) is 8.06. The normalized spacial score (nSPS) is 15.6. The number of piperazine rings is 1. The molecule has 0 bridgehead atoms. The van der Waals surface area contributed by atoms with Crippen LogP contribution in [0.25, 0.3) is 0 Å². The van der Waals surface area contributed by atoms with Crippen molar-refractivity contribution in [2.75, 3.05) is 31.1 Å². The minimum absolute atomic E-state index is 0.00122. The molecule has 0 spiro atoms. The molecule has 0 atom stereocenters. The molecule has 1 aliphatic heterocycles. The van der Waals surface area contributed by atoms with Gasteiger partial charge in [-0.15, -0.1) is 0 Å². The molecular weight excluding hydrogens is 325 g/mol. The van der Waals surface area contributed by atoms with Gasteiger partial charge in [0.1, 0.15) is 18.6 Å². The molecule has 3 rings (SSSR count). The number of anilines is 1. The largest absolute Gasteiger partial charge is 0.358 e. The fourth-order valence-corrected chi connectivity index (χ4v) is 3.09. The number of imidazole rings is 1. The highest BCUT2D eigenvalue weighted by molar-refractivity contribution is 5.53. The lowest BCUT2D eigenvalue weighted by molar-refractivity contribution is -0.392. The Kier molecular flexibility index (Phi) is 4.80. The molecule has 1 aromatic carbocycles. The first-order chi connectivity index (χ1) is 12.0. The standard InChI is InChI=1S/C17H20FN5O2/c1-13-12-20(7-9-21(13)16-6-4-3-5-15(16)18)8-10-22-14(2)19-11-17(22)23(24)25/h3-6,11H,1,7-10,12H2,2H3. The van der Waals surface area contributed by atoms with E-state index < -0.39 is 4.92 Å². The van der Waals surface area contributed by atoms with E-state index in [1.54, 1.807) is 29.7 Å². The summed E-state index contributed by atoms with van der Waals surface area (Å²) >= 11 is 0. The third-order valence-corrected chi connectivity index (χ3v) is 4.43. The number of nitro groups is 1. The van der Waals surface area contributed by atoms with Gasteiger partial charge in [0.15, 0.2) is 5.82 Å². The molecule has 0 radical (unpaired) electrons. The van der Waals surface area contributed by atoms with Crippen molar-refractivity contribution < 1.29 is 9.31 Å². The second-order valence-corrected chi connectivity index (χ2v) is 6.02. The third kappa shape index (κ3) is 3.53. The predicted octanol–water partition coefficient (Wildman–Crippen LogP) is 2.57. The highest BCUT2D eigenvalue weighted by atomic mass is 19.1. The van der Waals surface area contributed by atoms with E-state index in [1.165, 1.54) is 12.3 Å². The van der Waals surface area contributed by atoms with Crippen LogP contribution in [0.2, 0.25) is 0 Å². The van der Waals surface area contributed by atoms with Crippen LogP contribution in [0.1, 0.15) is 5.82 Å². The van der Waals surface area contributed by atoms with Gasteiger partial charge in [-0.3, -0.25) is 4.90 Å².